The maximum absolute atomic E-state index is 10.4. The molecule has 1 aliphatic heterocycles. The van der Waals surface area contributed by atoms with Crippen molar-refractivity contribution in [3.05, 3.63) is 29.3 Å². The summed E-state index contributed by atoms with van der Waals surface area (Å²) in [5, 5.41) is 34.5. The highest BCUT2D eigenvalue weighted by Crippen LogP contribution is 2.60. The van der Waals surface area contributed by atoms with Crippen molar-refractivity contribution in [2.45, 2.75) is 83.7 Å². The number of carboxylic acids is 1. The van der Waals surface area contributed by atoms with Crippen LogP contribution in [-0.2, 0) is 11.2 Å². The van der Waals surface area contributed by atoms with Gasteiger partial charge in [-0.15, -0.1) is 0 Å². The fraction of sp³-hybridized carbons (Fsp3) is 0.741. The minimum absolute atomic E-state index is 0.0883. The minimum Gasteiger partial charge on any atom is -0.508 e. The van der Waals surface area contributed by atoms with E-state index in [-0.39, 0.29) is 11.5 Å². The van der Waals surface area contributed by atoms with Crippen molar-refractivity contribution in [2.24, 2.45) is 17.3 Å². The first-order valence-corrected chi connectivity index (χ1v) is 13.0. The molecule has 186 valence electrons. The van der Waals surface area contributed by atoms with E-state index in [2.05, 4.69) is 23.6 Å². The van der Waals surface area contributed by atoms with E-state index in [0.29, 0.717) is 24.0 Å². The Morgan fingerprint density at radius 1 is 1.09 bits per heavy atom. The zero-order chi connectivity index (χ0) is 23.8. The van der Waals surface area contributed by atoms with Gasteiger partial charge in [-0.2, -0.15) is 0 Å². The predicted molar refractivity (Wildman–Crippen MR) is 132 cm³/mol. The Balaban J connectivity index is 0.000000194. The summed E-state index contributed by atoms with van der Waals surface area (Å²) in [6.07, 6.45) is 8.86. The van der Waals surface area contributed by atoms with E-state index in [4.69, 9.17) is 5.11 Å². The second-order valence-electron chi connectivity index (χ2n) is 10.4. The van der Waals surface area contributed by atoms with Gasteiger partial charge >= 0.3 is 5.97 Å². The van der Waals surface area contributed by atoms with Gasteiger partial charge in [0.15, 0.2) is 0 Å². The fourth-order valence-electron chi connectivity index (χ4n) is 6.47. The molecule has 1 aromatic rings. The minimum atomic E-state index is -0.693. The van der Waals surface area contributed by atoms with E-state index in [1.54, 1.807) is 0 Å². The van der Waals surface area contributed by atoms with Gasteiger partial charge < -0.3 is 26.0 Å². The number of phenols is 1. The highest BCUT2D eigenvalue weighted by molar-refractivity contribution is 5.66. The standard InChI is InChI=1S/C18H24O2.C5H10O2.C4H10N2/c1-18-9-8-14-13-5-3-12(19)10-11(13)2-4-15(14)16(18)6-7-17(18)20;1-2-3-4-5(6)7;1-2-6-4-3-5-1/h3,5,10,14-17,19-20H,2,4,6-9H2,1H3;2-4H2,1H3,(H,6,7);5-6H,1-4H2/t14-,15-,16+,17?,18+;;/m1../s1. The molecule has 6 nitrogen and oxygen atoms in total. The summed E-state index contributed by atoms with van der Waals surface area (Å²) < 4.78 is 0. The van der Waals surface area contributed by atoms with E-state index in [1.165, 1.54) is 30.4 Å². The van der Waals surface area contributed by atoms with Gasteiger partial charge in [0, 0.05) is 32.6 Å². The number of aryl methyl sites for hydroxylation is 1. The number of nitrogens with one attached hydrogen (secondary N) is 2. The molecule has 1 saturated heterocycles. The molecule has 1 heterocycles. The largest absolute Gasteiger partial charge is 0.508 e. The van der Waals surface area contributed by atoms with Crippen LogP contribution < -0.4 is 10.6 Å². The van der Waals surface area contributed by atoms with Crippen LogP contribution in [0.25, 0.3) is 0 Å². The van der Waals surface area contributed by atoms with Crippen LogP contribution in [-0.4, -0.2) is 53.6 Å². The number of unbranched alkanes of at least 4 members (excludes halogenated alkanes) is 1. The lowest BCUT2D eigenvalue weighted by Gasteiger charge is -2.50. The Bertz CT molecular complexity index is 755. The Kier molecular flexibility index (Phi) is 9.59. The molecule has 2 saturated carbocycles. The first-order valence-electron chi connectivity index (χ1n) is 13.0. The fourth-order valence-corrected chi connectivity index (χ4v) is 6.47. The highest BCUT2D eigenvalue weighted by Gasteiger charge is 2.54. The zero-order valence-electron chi connectivity index (χ0n) is 20.5. The van der Waals surface area contributed by atoms with Crippen molar-refractivity contribution in [3.63, 3.8) is 0 Å². The first kappa shape index (κ1) is 26.0. The Labute approximate surface area is 199 Å². The number of piperazine rings is 1. The van der Waals surface area contributed by atoms with Gasteiger partial charge in [-0.3, -0.25) is 4.79 Å². The maximum atomic E-state index is 10.4. The molecule has 1 aromatic carbocycles. The van der Waals surface area contributed by atoms with Crippen LogP contribution >= 0.6 is 0 Å². The number of carboxylic acid groups (broad SMARTS) is 1. The molecule has 0 bridgehead atoms. The van der Waals surface area contributed by atoms with E-state index in [9.17, 15) is 15.0 Å². The third-order valence-electron chi connectivity index (χ3n) is 8.36. The molecule has 3 fully saturated rings. The van der Waals surface area contributed by atoms with Crippen molar-refractivity contribution in [1.82, 2.24) is 10.6 Å². The highest BCUT2D eigenvalue weighted by atomic mass is 16.4. The second kappa shape index (κ2) is 12.2. The molecule has 5 N–H and O–H groups in total. The Morgan fingerprint density at radius 2 is 1.79 bits per heavy atom. The molecule has 5 atom stereocenters. The SMILES string of the molecule is C1CNCCN1.CCCCC(=O)O.C[C@]12CC[C@@H]3c4ccc(O)cc4CC[C@H]3[C@@H]1CCC2O. The number of rotatable bonds is 3. The first-order chi connectivity index (χ1) is 15.9. The summed E-state index contributed by atoms with van der Waals surface area (Å²) in [7, 11) is 0. The summed E-state index contributed by atoms with van der Waals surface area (Å²) >= 11 is 0. The summed E-state index contributed by atoms with van der Waals surface area (Å²) in [4.78, 5) is 9.76. The molecule has 1 unspecified atom stereocenters. The van der Waals surface area contributed by atoms with Crippen LogP contribution in [0.1, 0.15) is 82.3 Å². The molecule has 0 aromatic heterocycles. The van der Waals surface area contributed by atoms with Crippen molar-refractivity contribution in [1.29, 1.82) is 0 Å². The maximum Gasteiger partial charge on any atom is 0.303 e. The van der Waals surface area contributed by atoms with Crippen LogP contribution in [0.3, 0.4) is 0 Å². The molecule has 33 heavy (non-hydrogen) atoms. The lowest BCUT2D eigenvalue weighted by atomic mass is 9.55. The van der Waals surface area contributed by atoms with E-state index in [0.717, 1.165) is 64.2 Å². The average Bonchev–Trinajstić information content (AvgIpc) is 3.13. The summed E-state index contributed by atoms with van der Waals surface area (Å²) in [5.74, 6) is 1.80. The van der Waals surface area contributed by atoms with E-state index < -0.39 is 5.97 Å². The summed E-state index contributed by atoms with van der Waals surface area (Å²) in [6, 6.07) is 5.96. The van der Waals surface area contributed by atoms with Gasteiger partial charge in [0.25, 0.3) is 0 Å². The van der Waals surface area contributed by atoms with Crippen molar-refractivity contribution < 1.29 is 20.1 Å². The molecular formula is C27H44N2O4. The number of hydrogen-bond acceptors (Lipinski definition) is 5. The smallest absolute Gasteiger partial charge is 0.303 e. The molecule has 0 amide bonds. The molecular weight excluding hydrogens is 416 g/mol. The quantitative estimate of drug-likeness (QED) is 0.466. The van der Waals surface area contributed by atoms with Gasteiger partial charge in [-0.25, -0.2) is 0 Å². The number of fused-ring (bicyclic) bond motifs is 5. The lowest BCUT2D eigenvalue weighted by Crippen LogP contribution is -2.43. The number of phenolic OH excluding ortho intramolecular Hbond substituents is 1. The third-order valence-corrected chi connectivity index (χ3v) is 8.36. The topological polar surface area (TPSA) is 102 Å². The monoisotopic (exact) mass is 460 g/mol. The molecule has 0 spiro atoms. The normalized spacial score (nSPS) is 32.1. The lowest BCUT2D eigenvalue weighted by molar-refractivity contribution is -0.137. The number of benzene rings is 1. The predicted octanol–water partition coefficient (Wildman–Crippen LogP) is 4.05. The van der Waals surface area contributed by atoms with E-state index in [1.807, 2.05) is 19.1 Å². The summed E-state index contributed by atoms with van der Waals surface area (Å²) in [6.45, 7) is 8.85. The van der Waals surface area contributed by atoms with Crippen LogP contribution in [0.4, 0.5) is 0 Å². The van der Waals surface area contributed by atoms with Crippen molar-refractivity contribution in [3.8, 4) is 5.75 Å². The van der Waals surface area contributed by atoms with Crippen LogP contribution in [0.15, 0.2) is 18.2 Å². The van der Waals surface area contributed by atoms with Crippen molar-refractivity contribution >= 4 is 5.97 Å². The number of aromatic hydroxyl groups is 1. The van der Waals surface area contributed by atoms with Gasteiger partial charge in [-0.1, -0.05) is 26.3 Å². The summed E-state index contributed by atoms with van der Waals surface area (Å²) in [5.41, 5.74) is 2.99. The van der Waals surface area contributed by atoms with Gasteiger partial charge in [-0.05, 0) is 91.4 Å². The number of carbonyl (C=O) groups is 1. The molecule has 4 aliphatic rings. The number of aliphatic hydroxyl groups excluding tert-OH is 1. The molecule has 6 heteroatoms. The van der Waals surface area contributed by atoms with Crippen LogP contribution in [0.5, 0.6) is 5.75 Å². The van der Waals surface area contributed by atoms with Gasteiger partial charge in [0.2, 0.25) is 0 Å². The van der Waals surface area contributed by atoms with E-state index >= 15 is 0 Å². The van der Waals surface area contributed by atoms with Gasteiger partial charge in [0.05, 0.1) is 6.10 Å². The second-order valence-corrected chi connectivity index (χ2v) is 10.4. The Morgan fingerprint density at radius 3 is 2.36 bits per heavy atom. The van der Waals surface area contributed by atoms with Crippen LogP contribution in [0, 0.1) is 17.3 Å². The zero-order valence-corrected chi connectivity index (χ0v) is 20.5. The number of hydrogen-bond donors (Lipinski definition) is 5. The molecule has 0 radical (unpaired) electrons. The third kappa shape index (κ3) is 6.49. The van der Waals surface area contributed by atoms with Crippen molar-refractivity contribution in [2.75, 3.05) is 26.2 Å². The average molecular weight is 461 g/mol. The van der Waals surface area contributed by atoms with Crippen LogP contribution in [0.2, 0.25) is 0 Å². The number of aliphatic carboxylic acids is 1. The molecule has 3 aliphatic carbocycles. The Hall–Kier alpha value is -1.63. The number of aliphatic hydroxyl groups is 1. The molecule has 5 rings (SSSR count). The van der Waals surface area contributed by atoms with Gasteiger partial charge in [0.1, 0.15) is 5.75 Å².